The highest BCUT2D eigenvalue weighted by molar-refractivity contribution is 7.94. The van der Waals surface area contributed by atoms with Crippen molar-refractivity contribution in [2.75, 3.05) is 15.6 Å². The monoisotopic (exact) mass is 464 g/mol. The second kappa shape index (κ2) is 7.25. The number of carbonyl (C=O) groups is 2. The predicted octanol–water partition coefficient (Wildman–Crippen LogP) is 3.60. The lowest BCUT2D eigenvalue weighted by Gasteiger charge is -2.32. The van der Waals surface area contributed by atoms with Gasteiger partial charge in [-0.15, -0.1) is 0 Å². The highest BCUT2D eigenvalue weighted by Gasteiger charge is 2.69. The van der Waals surface area contributed by atoms with Gasteiger partial charge in [-0.3, -0.25) is 14.5 Å². The third-order valence-electron chi connectivity index (χ3n) is 6.34. The van der Waals surface area contributed by atoms with Gasteiger partial charge >= 0.3 is 0 Å². The fourth-order valence-electron chi connectivity index (χ4n) is 4.78. The van der Waals surface area contributed by atoms with Crippen molar-refractivity contribution in [2.45, 2.75) is 25.3 Å². The summed E-state index contributed by atoms with van der Waals surface area (Å²) >= 11 is 0. The van der Waals surface area contributed by atoms with E-state index < -0.39 is 38.1 Å². The van der Waals surface area contributed by atoms with Crippen molar-refractivity contribution in [3.8, 4) is 0 Å². The number of carbonyl (C=O) groups excluding carboxylic acids is 2. The summed E-state index contributed by atoms with van der Waals surface area (Å²) in [5, 5.41) is 0. The first-order valence-corrected chi connectivity index (χ1v) is 12.1. The largest absolute Gasteiger partial charge is 0.304 e. The molecule has 0 radical (unpaired) electrons. The van der Waals surface area contributed by atoms with Crippen LogP contribution in [0.2, 0.25) is 0 Å². The molecular formula is C25H21FN2O4S. The number of nitrogens with zero attached hydrogens (tertiary/aromatic N) is 2. The van der Waals surface area contributed by atoms with Crippen molar-refractivity contribution in [1.29, 1.82) is 0 Å². The van der Waals surface area contributed by atoms with E-state index in [0.717, 1.165) is 33.7 Å². The number of benzene rings is 3. The molecule has 3 aromatic rings. The molecule has 8 heteroatoms. The summed E-state index contributed by atoms with van der Waals surface area (Å²) < 4.78 is 40.7. The van der Waals surface area contributed by atoms with Crippen LogP contribution in [0.4, 0.5) is 15.8 Å². The molecule has 33 heavy (non-hydrogen) atoms. The van der Waals surface area contributed by atoms with Crippen LogP contribution in [-0.2, 0) is 30.8 Å². The van der Waals surface area contributed by atoms with Crippen molar-refractivity contribution >= 4 is 33.0 Å². The molecule has 2 amide bonds. The average Bonchev–Trinajstić information content (AvgIpc) is 3.14. The molecule has 168 valence electrons. The Labute approximate surface area is 191 Å². The Kier molecular flexibility index (Phi) is 4.68. The van der Waals surface area contributed by atoms with E-state index in [-0.39, 0.29) is 17.8 Å². The lowest BCUT2D eigenvalue weighted by Crippen LogP contribution is -2.54. The van der Waals surface area contributed by atoms with Crippen molar-refractivity contribution in [2.24, 2.45) is 0 Å². The molecule has 0 N–H and O–H groups in total. The Morgan fingerprint density at radius 3 is 2.39 bits per heavy atom. The minimum Gasteiger partial charge on any atom is -0.304 e. The lowest BCUT2D eigenvalue weighted by molar-refractivity contribution is -0.123. The van der Waals surface area contributed by atoms with Crippen molar-refractivity contribution in [1.82, 2.24) is 0 Å². The minimum absolute atomic E-state index is 0.152. The van der Waals surface area contributed by atoms with E-state index >= 15 is 0 Å². The smallest absolute Gasteiger partial charge is 0.274 e. The van der Waals surface area contributed by atoms with Gasteiger partial charge in [-0.05, 0) is 55.3 Å². The van der Waals surface area contributed by atoms with E-state index in [2.05, 4.69) is 0 Å². The van der Waals surface area contributed by atoms with Gasteiger partial charge in [0, 0.05) is 11.3 Å². The Bertz CT molecular complexity index is 1420. The number of para-hydroxylation sites is 1. The van der Waals surface area contributed by atoms with Gasteiger partial charge < -0.3 is 4.90 Å². The van der Waals surface area contributed by atoms with Gasteiger partial charge in [-0.1, -0.05) is 42.0 Å². The fourth-order valence-corrected chi connectivity index (χ4v) is 6.81. The lowest BCUT2D eigenvalue weighted by atomic mass is 10.0. The molecule has 1 saturated heterocycles. The Hall–Kier alpha value is -3.52. The highest BCUT2D eigenvalue weighted by Crippen LogP contribution is 2.52. The number of amides is 2. The minimum atomic E-state index is -4.26. The number of aryl methyl sites for hydroxylation is 2. The first-order valence-electron chi connectivity index (χ1n) is 10.5. The molecule has 2 aliphatic heterocycles. The molecular weight excluding hydrogens is 443 g/mol. The summed E-state index contributed by atoms with van der Waals surface area (Å²) in [5.74, 6) is -2.77. The van der Waals surface area contributed by atoms with Gasteiger partial charge in [0.25, 0.3) is 10.8 Å². The van der Waals surface area contributed by atoms with Gasteiger partial charge in [-0.2, -0.15) is 0 Å². The normalized spacial score (nSPS) is 21.2. The van der Waals surface area contributed by atoms with E-state index in [9.17, 15) is 22.4 Å². The quantitative estimate of drug-likeness (QED) is 0.594. The van der Waals surface area contributed by atoms with Crippen LogP contribution in [0.15, 0.2) is 66.7 Å². The second-order valence-electron chi connectivity index (χ2n) is 8.45. The molecule has 6 nitrogen and oxygen atoms in total. The zero-order chi connectivity index (χ0) is 23.5. The summed E-state index contributed by atoms with van der Waals surface area (Å²) in [7, 11) is -4.26. The summed E-state index contributed by atoms with van der Waals surface area (Å²) in [4.78, 5) is 27.3. The number of hydrogen-bond acceptors (Lipinski definition) is 4. The summed E-state index contributed by atoms with van der Waals surface area (Å²) in [6, 6.07) is 17.4. The predicted molar refractivity (Wildman–Crippen MR) is 123 cm³/mol. The van der Waals surface area contributed by atoms with Crippen LogP contribution in [0.5, 0.6) is 0 Å². The van der Waals surface area contributed by atoms with E-state index in [0.29, 0.717) is 5.69 Å². The summed E-state index contributed by atoms with van der Waals surface area (Å²) in [6.45, 7) is 4.03. The number of hydrogen-bond donors (Lipinski definition) is 0. The average molecular weight is 465 g/mol. The van der Waals surface area contributed by atoms with Crippen LogP contribution in [0, 0.1) is 19.7 Å². The molecule has 0 bridgehead atoms. The fraction of sp³-hybridized carbons (Fsp3) is 0.200. The molecule has 3 aromatic carbocycles. The Morgan fingerprint density at radius 1 is 0.970 bits per heavy atom. The van der Waals surface area contributed by atoms with Crippen LogP contribution in [0.3, 0.4) is 0 Å². The molecule has 2 aliphatic rings. The number of rotatable bonds is 3. The van der Waals surface area contributed by atoms with Crippen LogP contribution < -0.4 is 9.80 Å². The molecule has 2 heterocycles. The Balaban J connectivity index is 1.74. The topological polar surface area (TPSA) is 74.8 Å². The van der Waals surface area contributed by atoms with Crippen LogP contribution >= 0.6 is 0 Å². The molecule has 1 spiro atoms. The maximum absolute atomic E-state index is 14.1. The first-order chi connectivity index (χ1) is 15.7. The number of halogens is 1. The standard InChI is InChI=1S/C25H21FN2O4S/c1-16-7-8-17(2)18(13-16)14-27-22-6-4-3-5-21(22)25(24(27)30)28(23(29)15-33(25,31)32)20-11-9-19(26)10-12-20/h3-13H,14-15H2,1-2H3/t25-/m1/s1. The highest BCUT2D eigenvalue weighted by atomic mass is 32.2. The molecule has 0 aromatic heterocycles. The van der Waals surface area contributed by atoms with E-state index in [1.807, 2.05) is 32.0 Å². The zero-order valence-electron chi connectivity index (χ0n) is 18.1. The van der Waals surface area contributed by atoms with Crippen LogP contribution in [-0.4, -0.2) is 26.0 Å². The van der Waals surface area contributed by atoms with Crippen molar-refractivity contribution < 1.29 is 22.4 Å². The number of anilines is 2. The van der Waals surface area contributed by atoms with Crippen LogP contribution in [0.1, 0.15) is 22.3 Å². The molecule has 1 atom stereocenters. The molecule has 0 saturated carbocycles. The molecule has 5 rings (SSSR count). The SMILES string of the molecule is Cc1ccc(C)c(CN2C(=O)[C@]3(c4ccccc42)N(c2ccc(F)cc2)C(=O)CS3(=O)=O)c1. The maximum Gasteiger partial charge on any atom is 0.274 e. The number of fused-ring (bicyclic) bond motifs is 2. The first kappa shape index (κ1) is 21.3. The maximum atomic E-state index is 14.1. The van der Waals surface area contributed by atoms with Crippen LogP contribution in [0.25, 0.3) is 0 Å². The molecule has 0 aliphatic carbocycles. The van der Waals surface area contributed by atoms with E-state index in [4.69, 9.17) is 0 Å². The van der Waals surface area contributed by atoms with E-state index in [1.54, 1.807) is 24.3 Å². The number of sulfone groups is 1. The van der Waals surface area contributed by atoms with Crippen molar-refractivity contribution in [3.63, 3.8) is 0 Å². The Morgan fingerprint density at radius 2 is 1.67 bits per heavy atom. The zero-order valence-corrected chi connectivity index (χ0v) is 18.9. The third kappa shape index (κ3) is 2.94. The van der Waals surface area contributed by atoms with Gasteiger partial charge in [-0.25, -0.2) is 12.8 Å². The van der Waals surface area contributed by atoms with Gasteiger partial charge in [0.2, 0.25) is 5.91 Å². The summed E-state index contributed by atoms with van der Waals surface area (Å²) in [6.07, 6.45) is 0. The third-order valence-corrected chi connectivity index (χ3v) is 8.45. The van der Waals surface area contributed by atoms with Gasteiger partial charge in [0.1, 0.15) is 11.6 Å². The van der Waals surface area contributed by atoms with E-state index in [1.165, 1.54) is 17.0 Å². The molecule has 1 fully saturated rings. The molecule has 0 unspecified atom stereocenters. The van der Waals surface area contributed by atoms with Gasteiger partial charge in [0.15, 0.2) is 9.84 Å². The van der Waals surface area contributed by atoms with Crippen molar-refractivity contribution in [3.05, 3.63) is 94.8 Å². The second-order valence-corrected chi connectivity index (χ2v) is 10.6. The summed E-state index contributed by atoms with van der Waals surface area (Å²) in [5.41, 5.74) is 3.68. The van der Waals surface area contributed by atoms with Gasteiger partial charge in [0.05, 0.1) is 12.2 Å².